The topological polar surface area (TPSA) is 119 Å². The molecule has 8 atom stereocenters. The molecular formula is C27H56N2O6. The number of ether oxygens (including phenoxy) is 2. The van der Waals surface area contributed by atoms with Gasteiger partial charge < -0.3 is 14.6 Å². The van der Waals surface area contributed by atoms with Crippen LogP contribution in [0.15, 0.2) is 0 Å². The minimum absolute atomic E-state index is 0.0459. The molecule has 0 radical (unpaired) electrons. The van der Waals surface area contributed by atoms with Crippen LogP contribution >= 0.6 is 0 Å². The number of rotatable bonds is 3. The second kappa shape index (κ2) is 19.8. The number of amides is 1. The predicted molar refractivity (Wildman–Crippen MR) is 143 cm³/mol. The highest BCUT2D eigenvalue weighted by atomic mass is 16.5. The Bertz CT molecular complexity index is 588. The molecule has 1 aliphatic rings. The maximum absolute atomic E-state index is 13.1. The molecule has 0 aliphatic carbocycles. The highest BCUT2D eigenvalue weighted by molar-refractivity contribution is 5.84. The zero-order valence-electron chi connectivity index (χ0n) is 24.8. The molecule has 0 bridgehead atoms. The van der Waals surface area contributed by atoms with E-state index in [2.05, 4.69) is 0 Å². The van der Waals surface area contributed by atoms with Gasteiger partial charge in [0.25, 0.3) is 0 Å². The number of Topliss-reactive ketones (excluding diaryl/α,β-unsaturated/α-hetero) is 2. The number of carbonyl (C=O) groups excluding carboxylic acids is 3. The van der Waals surface area contributed by atoms with Gasteiger partial charge in [-0.05, 0) is 19.3 Å². The number of carbonyl (C=O) groups is 3. The van der Waals surface area contributed by atoms with Gasteiger partial charge in [0.1, 0.15) is 11.6 Å². The summed E-state index contributed by atoms with van der Waals surface area (Å²) in [5.41, 5.74) is -0.699. The first kappa shape index (κ1) is 38.2. The zero-order chi connectivity index (χ0) is 28.5. The van der Waals surface area contributed by atoms with Gasteiger partial charge in [-0.1, -0.05) is 76.2 Å². The van der Waals surface area contributed by atoms with Crippen molar-refractivity contribution < 1.29 is 29.0 Å². The van der Waals surface area contributed by atoms with Gasteiger partial charge in [-0.15, -0.1) is 0 Å². The molecule has 8 heteroatoms. The van der Waals surface area contributed by atoms with Crippen molar-refractivity contribution in [1.82, 2.24) is 5.01 Å². The molecule has 3 N–H and O–H groups in total. The average Bonchev–Trinajstić information content (AvgIpc) is 2.89. The molecule has 0 aromatic carbocycles. The molecule has 1 saturated heterocycles. The Hall–Kier alpha value is -1.35. The van der Waals surface area contributed by atoms with E-state index in [0.717, 1.165) is 5.01 Å². The van der Waals surface area contributed by atoms with Crippen molar-refractivity contribution in [3.63, 3.8) is 0 Å². The van der Waals surface area contributed by atoms with Crippen LogP contribution in [0.25, 0.3) is 0 Å². The average molecular weight is 505 g/mol. The van der Waals surface area contributed by atoms with Gasteiger partial charge >= 0.3 is 0 Å². The van der Waals surface area contributed by atoms with Crippen molar-refractivity contribution in [2.75, 3.05) is 20.3 Å². The molecule has 210 valence electrons. The van der Waals surface area contributed by atoms with Gasteiger partial charge in [-0.3, -0.25) is 19.4 Å². The summed E-state index contributed by atoms with van der Waals surface area (Å²) in [6.07, 6.45) is -0.363. The smallest absolute Gasteiger partial charge is 0.224 e. The number of ketones is 2. The van der Waals surface area contributed by atoms with Crippen molar-refractivity contribution >= 4 is 18.0 Å². The molecule has 0 saturated carbocycles. The third kappa shape index (κ3) is 11.1. The van der Waals surface area contributed by atoms with Crippen molar-refractivity contribution in [2.24, 2.45) is 35.4 Å². The van der Waals surface area contributed by atoms with Gasteiger partial charge in [0.05, 0.1) is 31.0 Å². The SMILES string of the molecule is CC.CC.CC.CO[C@]1(C)C[C@@H](C)C(=O)C(C)C(N(N)C=O)C(O)COCC(C)C(=O)[C@H](C)[C@H]1C. The molecular weight excluding hydrogens is 448 g/mol. The number of hydrazine groups is 1. The van der Waals surface area contributed by atoms with Crippen molar-refractivity contribution in [3.05, 3.63) is 0 Å². The monoisotopic (exact) mass is 504 g/mol. The van der Waals surface area contributed by atoms with Gasteiger partial charge in [0, 0.05) is 30.8 Å². The number of methoxy groups -OCH3 is 1. The van der Waals surface area contributed by atoms with E-state index in [1.807, 2.05) is 62.3 Å². The first-order valence-electron chi connectivity index (χ1n) is 13.3. The number of hydrogen-bond donors (Lipinski definition) is 2. The van der Waals surface area contributed by atoms with E-state index >= 15 is 0 Å². The van der Waals surface area contributed by atoms with Gasteiger partial charge in [0.15, 0.2) is 0 Å². The normalized spacial score (nSPS) is 34.4. The van der Waals surface area contributed by atoms with Crippen LogP contribution < -0.4 is 5.84 Å². The van der Waals surface area contributed by atoms with Crippen LogP contribution in [0.4, 0.5) is 0 Å². The van der Waals surface area contributed by atoms with Crippen molar-refractivity contribution in [3.8, 4) is 0 Å². The number of hydrogen-bond acceptors (Lipinski definition) is 7. The Morgan fingerprint density at radius 1 is 0.943 bits per heavy atom. The lowest BCUT2D eigenvalue weighted by Crippen LogP contribution is -2.55. The lowest BCUT2D eigenvalue weighted by molar-refractivity contribution is -0.143. The van der Waals surface area contributed by atoms with E-state index in [1.165, 1.54) is 0 Å². The molecule has 1 amide bonds. The second-order valence-electron chi connectivity index (χ2n) is 8.84. The molecule has 1 heterocycles. The summed E-state index contributed by atoms with van der Waals surface area (Å²) in [7, 11) is 1.59. The molecule has 1 aliphatic heterocycles. The Kier molecular flexibility index (Phi) is 21.6. The Morgan fingerprint density at radius 3 is 1.83 bits per heavy atom. The molecule has 1 rings (SSSR count). The zero-order valence-corrected chi connectivity index (χ0v) is 24.8. The molecule has 0 spiro atoms. The standard InChI is InChI=1S/C21H38N2O6.3C2H6/c1-12-8-21(6,28-7)16(5)14(3)20(27)13(2)9-29-10-17(25)18(23(22)11-24)15(4)19(12)26;3*1-2/h11-18,25H,8-10,22H2,1-7H3;3*1-2H3/t12-,13?,14-,15?,16-,17?,18?,21-;;;/m1.../s1. The van der Waals surface area contributed by atoms with E-state index in [0.29, 0.717) is 12.8 Å². The van der Waals surface area contributed by atoms with E-state index in [4.69, 9.17) is 15.3 Å². The predicted octanol–water partition coefficient (Wildman–Crippen LogP) is 4.27. The van der Waals surface area contributed by atoms with Crippen LogP contribution in [0.2, 0.25) is 0 Å². The summed E-state index contributed by atoms with van der Waals surface area (Å²) in [5, 5.41) is 11.4. The third-order valence-corrected chi connectivity index (χ3v) is 6.79. The maximum Gasteiger partial charge on any atom is 0.224 e. The first-order chi connectivity index (χ1) is 16.4. The highest BCUT2D eigenvalue weighted by Crippen LogP contribution is 2.36. The number of aliphatic hydroxyl groups is 1. The lowest BCUT2D eigenvalue weighted by Gasteiger charge is -2.41. The highest BCUT2D eigenvalue weighted by Gasteiger charge is 2.43. The fourth-order valence-corrected chi connectivity index (χ4v) is 4.41. The molecule has 0 aromatic rings. The van der Waals surface area contributed by atoms with Crippen LogP contribution in [0.5, 0.6) is 0 Å². The fourth-order valence-electron chi connectivity index (χ4n) is 4.41. The van der Waals surface area contributed by atoms with Crippen LogP contribution in [0, 0.1) is 29.6 Å². The molecule has 35 heavy (non-hydrogen) atoms. The van der Waals surface area contributed by atoms with Crippen LogP contribution in [0.3, 0.4) is 0 Å². The Morgan fingerprint density at radius 2 is 1.40 bits per heavy atom. The minimum atomic E-state index is -1.16. The maximum atomic E-state index is 13.1. The van der Waals surface area contributed by atoms with Crippen LogP contribution in [0.1, 0.15) is 89.5 Å². The molecule has 0 aromatic heterocycles. The number of nitrogens with zero attached hydrogens (tertiary/aromatic N) is 1. The van der Waals surface area contributed by atoms with E-state index < -0.39 is 29.6 Å². The summed E-state index contributed by atoms with van der Waals surface area (Å²) in [6.45, 7) is 23.0. The fraction of sp³-hybridized carbons (Fsp3) is 0.889. The lowest BCUT2D eigenvalue weighted by atomic mass is 9.72. The van der Waals surface area contributed by atoms with Gasteiger partial charge in [-0.25, -0.2) is 5.84 Å². The molecule has 4 unspecified atom stereocenters. The summed E-state index contributed by atoms with van der Waals surface area (Å²) in [4.78, 5) is 37.3. The summed E-state index contributed by atoms with van der Waals surface area (Å²) >= 11 is 0. The summed E-state index contributed by atoms with van der Waals surface area (Å²) in [5.74, 6) is 3.78. The van der Waals surface area contributed by atoms with E-state index in [-0.39, 0.29) is 42.5 Å². The van der Waals surface area contributed by atoms with Crippen molar-refractivity contribution in [2.45, 2.75) is 107 Å². The van der Waals surface area contributed by atoms with Gasteiger partial charge in [-0.2, -0.15) is 0 Å². The minimum Gasteiger partial charge on any atom is -0.388 e. The summed E-state index contributed by atoms with van der Waals surface area (Å²) < 4.78 is 11.4. The Balaban J connectivity index is -0.00000158. The quantitative estimate of drug-likeness (QED) is 0.255. The molecule has 8 nitrogen and oxygen atoms in total. The second-order valence-corrected chi connectivity index (χ2v) is 8.84. The van der Waals surface area contributed by atoms with E-state index in [9.17, 15) is 19.5 Å². The third-order valence-electron chi connectivity index (χ3n) is 6.79. The van der Waals surface area contributed by atoms with Crippen LogP contribution in [-0.2, 0) is 23.9 Å². The number of aliphatic hydroxyl groups excluding tert-OH is 1. The molecule has 1 fully saturated rings. The van der Waals surface area contributed by atoms with Crippen molar-refractivity contribution in [1.29, 1.82) is 0 Å². The number of nitrogens with two attached hydrogens (primary N) is 1. The first-order valence-corrected chi connectivity index (χ1v) is 13.3. The summed E-state index contributed by atoms with van der Waals surface area (Å²) in [6, 6.07) is -0.929. The van der Waals surface area contributed by atoms with Crippen LogP contribution in [-0.4, -0.2) is 66.2 Å². The largest absolute Gasteiger partial charge is 0.388 e. The van der Waals surface area contributed by atoms with Gasteiger partial charge in [0.2, 0.25) is 6.41 Å². The van der Waals surface area contributed by atoms with E-state index in [1.54, 1.807) is 27.9 Å². The Labute approximate surface area is 215 Å².